The first-order valence-corrected chi connectivity index (χ1v) is 6.59. The van der Waals surface area contributed by atoms with Gasteiger partial charge in [0.25, 0.3) is 5.91 Å². The van der Waals surface area contributed by atoms with Crippen LogP contribution in [0.3, 0.4) is 0 Å². The van der Waals surface area contributed by atoms with Crippen LogP contribution in [0.2, 0.25) is 0 Å². The van der Waals surface area contributed by atoms with Crippen molar-refractivity contribution in [2.75, 3.05) is 0 Å². The minimum atomic E-state index is -0.0290. The lowest BCUT2D eigenvalue weighted by atomic mass is 10.1. The summed E-state index contributed by atoms with van der Waals surface area (Å²) < 4.78 is 1.98. The number of carbonyl (C=O) groups excluding carboxylic acids is 1. The summed E-state index contributed by atoms with van der Waals surface area (Å²) in [5, 5.41) is 3.12. The number of H-pyrrole nitrogens is 1. The fourth-order valence-electron chi connectivity index (χ4n) is 2.42. The van der Waals surface area contributed by atoms with Gasteiger partial charge in [0.05, 0.1) is 11.6 Å². The molecule has 0 radical (unpaired) electrons. The van der Waals surface area contributed by atoms with Gasteiger partial charge in [0.15, 0.2) is 0 Å². The predicted octanol–water partition coefficient (Wildman–Crippen LogP) is 1.94. The third-order valence-electron chi connectivity index (χ3n) is 3.72. The van der Waals surface area contributed by atoms with E-state index in [4.69, 9.17) is 0 Å². The Hall–Kier alpha value is -2.04. The first-order valence-electron chi connectivity index (χ1n) is 6.59. The van der Waals surface area contributed by atoms with Crippen LogP contribution in [0, 0.1) is 12.8 Å². The summed E-state index contributed by atoms with van der Waals surface area (Å²) in [4.78, 5) is 19.7. The molecule has 0 spiro atoms. The van der Waals surface area contributed by atoms with E-state index < -0.39 is 0 Å². The van der Waals surface area contributed by atoms with Gasteiger partial charge in [0, 0.05) is 31.3 Å². The molecule has 2 heterocycles. The molecule has 2 N–H and O–H groups in total. The molecule has 2 aromatic heterocycles. The highest BCUT2D eigenvalue weighted by Crippen LogP contribution is 2.40. The van der Waals surface area contributed by atoms with Crippen molar-refractivity contribution >= 4 is 5.91 Å². The highest BCUT2D eigenvalue weighted by atomic mass is 16.1. The first kappa shape index (κ1) is 12.0. The van der Waals surface area contributed by atoms with Gasteiger partial charge in [0.1, 0.15) is 5.82 Å². The molecule has 1 fully saturated rings. The van der Waals surface area contributed by atoms with E-state index >= 15 is 0 Å². The fourth-order valence-corrected chi connectivity index (χ4v) is 2.42. The molecule has 1 amide bonds. The quantitative estimate of drug-likeness (QED) is 0.880. The Kier molecular flexibility index (Phi) is 2.89. The van der Waals surface area contributed by atoms with Gasteiger partial charge >= 0.3 is 0 Å². The van der Waals surface area contributed by atoms with E-state index in [0.717, 1.165) is 24.4 Å². The summed E-state index contributed by atoms with van der Waals surface area (Å²) in [5.41, 5.74) is 1.60. The van der Waals surface area contributed by atoms with Crippen molar-refractivity contribution in [3.05, 3.63) is 41.7 Å². The summed E-state index contributed by atoms with van der Waals surface area (Å²) in [5.74, 6) is 1.42. The number of hydrogen-bond donors (Lipinski definition) is 2. The number of aryl methyl sites for hydroxylation is 2. The SMILES string of the molecule is Cc1[nH]ccc1C(=O)N[C@@H](c1nccn1C)C1CC1. The number of nitrogens with zero attached hydrogens (tertiary/aromatic N) is 2. The molecule has 100 valence electrons. The molecule has 5 nitrogen and oxygen atoms in total. The lowest BCUT2D eigenvalue weighted by Gasteiger charge is -2.18. The number of amides is 1. The van der Waals surface area contributed by atoms with Crippen LogP contribution in [0.25, 0.3) is 0 Å². The van der Waals surface area contributed by atoms with E-state index in [-0.39, 0.29) is 11.9 Å². The van der Waals surface area contributed by atoms with Gasteiger partial charge in [-0.05, 0) is 31.7 Å². The minimum absolute atomic E-state index is 0.0156. The number of aromatic amines is 1. The molecule has 2 aromatic rings. The smallest absolute Gasteiger partial charge is 0.253 e. The van der Waals surface area contributed by atoms with Crippen LogP contribution in [0.5, 0.6) is 0 Å². The number of nitrogens with one attached hydrogen (secondary N) is 2. The zero-order chi connectivity index (χ0) is 13.4. The van der Waals surface area contributed by atoms with E-state index in [2.05, 4.69) is 15.3 Å². The third-order valence-corrected chi connectivity index (χ3v) is 3.72. The Labute approximate surface area is 112 Å². The van der Waals surface area contributed by atoms with Crippen LogP contribution in [0.4, 0.5) is 0 Å². The number of carbonyl (C=O) groups is 1. The predicted molar refractivity (Wildman–Crippen MR) is 71.7 cm³/mol. The van der Waals surface area contributed by atoms with Gasteiger partial charge in [-0.15, -0.1) is 0 Å². The Bertz CT molecular complexity index is 594. The van der Waals surface area contributed by atoms with Crippen molar-refractivity contribution in [3.63, 3.8) is 0 Å². The van der Waals surface area contributed by atoms with Gasteiger partial charge < -0.3 is 14.9 Å². The lowest BCUT2D eigenvalue weighted by Crippen LogP contribution is -2.31. The highest BCUT2D eigenvalue weighted by Gasteiger charge is 2.36. The Balaban J connectivity index is 1.81. The number of hydrogen-bond acceptors (Lipinski definition) is 2. The second kappa shape index (κ2) is 4.57. The molecule has 1 saturated carbocycles. The maximum absolute atomic E-state index is 12.3. The molecule has 0 bridgehead atoms. The third kappa shape index (κ3) is 2.28. The average molecular weight is 258 g/mol. The van der Waals surface area contributed by atoms with Gasteiger partial charge in [-0.25, -0.2) is 4.98 Å². The molecule has 1 atom stereocenters. The summed E-state index contributed by atoms with van der Waals surface area (Å²) >= 11 is 0. The molecule has 19 heavy (non-hydrogen) atoms. The van der Waals surface area contributed by atoms with Crippen LogP contribution < -0.4 is 5.32 Å². The molecule has 5 heteroatoms. The zero-order valence-electron chi connectivity index (χ0n) is 11.2. The molecular weight excluding hydrogens is 240 g/mol. The second-order valence-corrected chi connectivity index (χ2v) is 5.20. The van der Waals surface area contributed by atoms with Crippen LogP contribution in [-0.2, 0) is 7.05 Å². The molecule has 1 aliphatic rings. The lowest BCUT2D eigenvalue weighted by molar-refractivity contribution is 0.0928. The van der Waals surface area contributed by atoms with Crippen LogP contribution in [0.15, 0.2) is 24.7 Å². The van der Waals surface area contributed by atoms with Crippen LogP contribution >= 0.6 is 0 Å². The van der Waals surface area contributed by atoms with Gasteiger partial charge in [-0.2, -0.15) is 0 Å². The Morgan fingerprint density at radius 2 is 2.37 bits per heavy atom. The maximum atomic E-state index is 12.3. The molecule has 0 aliphatic heterocycles. The Morgan fingerprint density at radius 1 is 1.58 bits per heavy atom. The zero-order valence-corrected chi connectivity index (χ0v) is 11.2. The normalized spacial score (nSPS) is 16.3. The number of rotatable bonds is 4. The van der Waals surface area contributed by atoms with Crippen molar-refractivity contribution in [2.24, 2.45) is 13.0 Å². The van der Waals surface area contributed by atoms with Gasteiger partial charge in [0.2, 0.25) is 0 Å². The topological polar surface area (TPSA) is 62.7 Å². The molecular formula is C14H18N4O. The number of imidazole rings is 1. The molecule has 0 aromatic carbocycles. The monoisotopic (exact) mass is 258 g/mol. The largest absolute Gasteiger partial charge is 0.365 e. The van der Waals surface area contributed by atoms with Crippen molar-refractivity contribution in [1.29, 1.82) is 0 Å². The first-order chi connectivity index (χ1) is 9.16. The maximum Gasteiger partial charge on any atom is 0.253 e. The molecule has 0 unspecified atom stereocenters. The van der Waals surface area contributed by atoms with Crippen molar-refractivity contribution in [1.82, 2.24) is 19.9 Å². The van der Waals surface area contributed by atoms with E-state index in [1.807, 2.05) is 30.8 Å². The average Bonchev–Trinajstić information content (AvgIpc) is 3.00. The molecule has 3 rings (SSSR count). The van der Waals surface area contributed by atoms with Gasteiger partial charge in [-0.3, -0.25) is 4.79 Å². The molecule has 1 aliphatic carbocycles. The van der Waals surface area contributed by atoms with Crippen LogP contribution in [-0.4, -0.2) is 20.4 Å². The van der Waals surface area contributed by atoms with E-state index in [1.54, 1.807) is 12.4 Å². The summed E-state index contributed by atoms with van der Waals surface area (Å²) in [7, 11) is 1.96. The summed E-state index contributed by atoms with van der Waals surface area (Å²) in [6, 6.07) is 1.83. The van der Waals surface area contributed by atoms with Crippen LogP contribution in [0.1, 0.15) is 40.8 Å². The van der Waals surface area contributed by atoms with Crippen molar-refractivity contribution < 1.29 is 4.79 Å². The molecule has 0 saturated heterocycles. The van der Waals surface area contributed by atoms with Gasteiger partial charge in [-0.1, -0.05) is 0 Å². The number of aromatic nitrogens is 3. The van der Waals surface area contributed by atoms with E-state index in [1.165, 1.54) is 0 Å². The second-order valence-electron chi connectivity index (χ2n) is 5.20. The van der Waals surface area contributed by atoms with E-state index in [0.29, 0.717) is 11.5 Å². The minimum Gasteiger partial charge on any atom is -0.365 e. The standard InChI is InChI=1S/C14H18N4O/c1-9-11(5-6-15-9)14(19)17-12(10-3-4-10)13-16-7-8-18(13)2/h5-8,10,12,15H,3-4H2,1-2H3,(H,17,19)/t12-/m1/s1. The van der Waals surface area contributed by atoms with Crippen molar-refractivity contribution in [2.45, 2.75) is 25.8 Å². The fraction of sp³-hybridized carbons (Fsp3) is 0.429. The Morgan fingerprint density at radius 3 is 2.89 bits per heavy atom. The highest BCUT2D eigenvalue weighted by molar-refractivity contribution is 5.95. The van der Waals surface area contributed by atoms with E-state index in [9.17, 15) is 4.79 Å². The van der Waals surface area contributed by atoms with Crippen molar-refractivity contribution in [3.8, 4) is 0 Å². The summed E-state index contributed by atoms with van der Waals surface area (Å²) in [6.45, 7) is 1.90. The summed E-state index contributed by atoms with van der Waals surface area (Å²) in [6.07, 6.45) is 7.79.